The zero-order valence-corrected chi connectivity index (χ0v) is 13.3. The molecule has 0 bridgehead atoms. The molecular weight excluding hydrogens is 310 g/mol. The Morgan fingerprint density at radius 1 is 1.48 bits per heavy atom. The Bertz CT molecular complexity index is 554. The molecular formula is C13H17N3O3S2. The van der Waals surface area contributed by atoms with Gasteiger partial charge in [0.2, 0.25) is 0 Å². The molecule has 8 heteroatoms. The zero-order chi connectivity index (χ0) is 15.0. The largest absolute Gasteiger partial charge is 0.480 e. The Hall–Kier alpha value is -1.28. The smallest absolute Gasteiger partial charge is 0.327 e. The van der Waals surface area contributed by atoms with Crippen LogP contribution in [0.3, 0.4) is 0 Å². The van der Waals surface area contributed by atoms with Gasteiger partial charge in [0, 0.05) is 10.6 Å². The number of carboxylic acids is 1. The average Bonchev–Trinajstić information content (AvgIpc) is 3.10. The highest BCUT2D eigenvalue weighted by atomic mass is 32.2. The number of nitrogens with zero attached hydrogens (tertiary/aromatic N) is 2. The molecule has 1 fully saturated rings. The number of urea groups is 1. The molecule has 1 aliphatic carbocycles. The molecule has 0 spiro atoms. The van der Waals surface area contributed by atoms with Crippen molar-refractivity contribution in [1.82, 2.24) is 9.88 Å². The van der Waals surface area contributed by atoms with Gasteiger partial charge in [-0.05, 0) is 25.7 Å². The fourth-order valence-corrected chi connectivity index (χ4v) is 5.13. The number of nitrogens with one attached hydrogen (secondary N) is 1. The Labute approximate surface area is 130 Å². The minimum Gasteiger partial charge on any atom is -0.480 e. The first kappa shape index (κ1) is 14.6. The third-order valence-corrected chi connectivity index (χ3v) is 6.30. The normalized spacial score (nSPS) is 24.1. The topological polar surface area (TPSA) is 82.5 Å². The first-order valence-electron chi connectivity index (χ1n) is 7.02. The number of hydrogen-bond acceptors (Lipinski definition) is 5. The monoisotopic (exact) mass is 327 g/mol. The van der Waals surface area contributed by atoms with Gasteiger partial charge in [0.1, 0.15) is 6.04 Å². The van der Waals surface area contributed by atoms with Gasteiger partial charge in [-0.1, -0.05) is 6.92 Å². The number of hydrogen-bond donors (Lipinski definition) is 2. The lowest BCUT2D eigenvalue weighted by Gasteiger charge is -2.26. The van der Waals surface area contributed by atoms with E-state index in [1.165, 1.54) is 32.9 Å². The second-order valence-electron chi connectivity index (χ2n) is 5.13. The van der Waals surface area contributed by atoms with Crippen molar-refractivity contribution in [2.45, 2.75) is 44.0 Å². The number of thiazole rings is 1. The molecule has 1 aromatic rings. The third-order valence-electron chi connectivity index (χ3n) is 3.77. The molecule has 3 rings (SSSR count). The summed E-state index contributed by atoms with van der Waals surface area (Å²) in [6, 6.07) is -1.11. The van der Waals surface area contributed by atoms with E-state index in [1.807, 2.05) is 6.92 Å². The van der Waals surface area contributed by atoms with Crippen LogP contribution in [0.15, 0.2) is 0 Å². The van der Waals surface area contributed by atoms with Crippen LogP contribution in [0.5, 0.6) is 0 Å². The second-order valence-corrected chi connectivity index (χ2v) is 7.42. The van der Waals surface area contributed by atoms with Gasteiger partial charge in [-0.25, -0.2) is 14.6 Å². The van der Waals surface area contributed by atoms with Crippen LogP contribution in [0.25, 0.3) is 0 Å². The van der Waals surface area contributed by atoms with Gasteiger partial charge in [-0.2, -0.15) is 0 Å². The van der Waals surface area contributed by atoms with Crippen molar-refractivity contribution in [3.05, 3.63) is 10.6 Å². The maximum Gasteiger partial charge on any atom is 0.327 e. The average molecular weight is 327 g/mol. The molecule has 0 aromatic carbocycles. The molecule has 6 nitrogen and oxygen atoms in total. The first-order valence-corrected chi connectivity index (χ1v) is 8.89. The first-order chi connectivity index (χ1) is 10.1. The zero-order valence-electron chi connectivity index (χ0n) is 11.7. The SMILES string of the molecule is CCC1SCC(C(=O)O)N1C(=O)Nc1nc2c(s1)CCC2. The van der Waals surface area contributed by atoms with E-state index in [0.29, 0.717) is 10.9 Å². The molecule has 2 aliphatic rings. The molecule has 2 unspecified atom stereocenters. The summed E-state index contributed by atoms with van der Waals surface area (Å²) >= 11 is 3.02. The molecule has 1 saturated heterocycles. The Morgan fingerprint density at radius 3 is 2.95 bits per heavy atom. The van der Waals surface area contributed by atoms with Gasteiger partial charge >= 0.3 is 12.0 Å². The lowest BCUT2D eigenvalue weighted by molar-refractivity contribution is -0.141. The number of aliphatic carboxylic acids is 1. The van der Waals surface area contributed by atoms with Gasteiger partial charge in [-0.3, -0.25) is 10.2 Å². The van der Waals surface area contributed by atoms with Crippen LogP contribution in [0, 0.1) is 0 Å². The molecule has 0 saturated carbocycles. The summed E-state index contributed by atoms with van der Waals surface area (Å²) < 4.78 is 0. The molecule has 2 heterocycles. The lowest BCUT2D eigenvalue weighted by atomic mass is 10.3. The highest BCUT2D eigenvalue weighted by Gasteiger charge is 2.41. The van der Waals surface area contributed by atoms with Crippen molar-refractivity contribution >= 4 is 40.2 Å². The fraction of sp³-hybridized carbons (Fsp3) is 0.615. The van der Waals surface area contributed by atoms with Gasteiger partial charge in [0.25, 0.3) is 0 Å². The molecule has 1 aliphatic heterocycles. The summed E-state index contributed by atoms with van der Waals surface area (Å²) in [5.74, 6) is -0.509. The number of carboxylic acid groups (broad SMARTS) is 1. The van der Waals surface area contributed by atoms with Crippen LogP contribution >= 0.6 is 23.1 Å². The van der Waals surface area contributed by atoms with Crippen LogP contribution in [0.4, 0.5) is 9.93 Å². The summed E-state index contributed by atoms with van der Waals surface area (Å²) in [5, 5.41) is 12.5. The van der Waals surface area contributed by atoms with E-state index in [1.54, 1.807) is 0 Å². The van der Waals surface area contributed by atoms with Crippen molar-refractivity contribution in [2.75, 3.05) is 11.1 Å². The van der Waals surface area contributed by atoms with Gasteiger partial charge in [0.15, 0.2) is 5.13 Å². The Morgan fingerprint density at radius 2 is 2.29 bits per heavy atom. The van der Waals surface area contributed by atoms with Gasteiger partial charge < -0.3 is 5.11 Å². The molecule has 2 N–H and O–H groups in total. The number of thioether (sulfide) groups is 1. The number of fused-ring (bicyclic) bond motifs is 1. The number of carbonyl (C=O) groups excluding carboxylic acids is 1. The van der Waals surface area contributed by atoms with E-state index in [-0.39, 0.29) is 11.4 Å². The van der Waals surface area contributed by atoms with E-state index in [9.17, 15) is 14.7 Å². The van der Waals surface area contributed by atoms with Crippen LogP contribution in [-0.4, -0.2) is 44.2 Å². The number of aryl methyl sites for hydroxylation is 2. The highest BCUT2D eigenvalue weighted by Crippen LogP contribution is 2.34. The minimum atomic E-state index is -0.949. The van der Waals surface area contributed by atoms with E-state index in [0.717, 1.165) is 31.4 Å². The Kier molecular flexibility index (Phi) is 4.08. The summed E-state index contributed by atoms with van der Waals surface area (Å²) in [6.07, 6.45) is 3.86. The fourth-order valence-electron chi connectivity index (χ4n) is 2.74. The Balaban J connectivity index is 1.74. The molecule has 1 aromatic heterocycles. The van der Waals surface area contributed by atoms with Crippen LogP contribution < -0.4 is 5.32 Å². The van der Waals surface area contributed by atoms with Crippen molar-refractivity contribution in [3.8, 4) is 0 Å². The van der Waals surface area contributed by atoms with Crippen molar-refractivity contribution < 1.29 is 14.7 Å². The number of anilines is 1. The van der Waals surface area contributed by atoms with E-state index >= 15 is 0 Å². The third kappa shape index (κ3) is 2.74. The molecule has 21 heavy (non-hydrogen) atoms. The number of rotatable bonds is 3. The maximum absolute atomic E-state index is 12.4. The van der Waals surface area contributed by atoms with Crippen molar-refractivity contribution in [1.29, 1.82) is 0 Å². The van der Waals surface area contributed by atoms with E-state index < -0.39 is 12.0 Å². The second kappa shape index (κ2) is 5.84. The number of carbonyl (C=O) groups is 2. The van der Waals surface area contributed by atoms with Gasteiger partial charge in [-0.15, -0.1) is 23.1 Å². The van der Waals surface area contributed by atoms with Crippen molar-refractivity contribution in [3.63, 3.8) is 0 Å². The van der Waals surface area contributed by atoms with Crippen LogP contribution in [0.1, 0.15) is 30.3 Å². The van der Waals surface area contributed by atoms with E-state index in [4.69, 9.17) is 0 Å². The maximum atomic E-state index is 12.4. The molecule has 114 valence electrons. The van der Waals surface area contributed by atoms with Crippen molar-refractivity contribution in [2.24, 2.45) is 0 Å². The van der Waals surface area contributed by atoms with Crippen LogP contribution in [-0.2, 0) is 17.6 Å². The summed E-state index contributed by atoms with van der Waals surface area (Å²) in [5.41, 5.74) is 1.08. The minimum absolute atomic E-state index is 0.0853. The quantitative estimate of drug-likeness (QED) is 0.891. The summed E-state index contributed by atoms with van der Waals surface area (Å²) in [4.78, 5) is 30.8. The summed E-state index contributed by atoms with van der Waals surface area (Å²) in [6.45, 7) is 1.96. The van der Waals surface area contributed by atoms with Crippen LogP contribution in [0.2, 0.25) is 0 Å². The highest BCUT2D eigenvalue weighted by molar-refractivity contribution is 8.00. The predicted octanol–water partition coefficient (Wildman–Crippen LogP) is 2.40. The number of amides is 2. The molecule has 2 atom stereocenters. The summed E-state index contributed by atoms with van der Waals surface area (Å²) in [7, 11) is 0. The number of aromatic nitrogens is 1. The van der Waals surface area contributed by atoms with E-state index in [2.05, 4.69) is 10.3 Å². The molecule has 0 radical (unpaired) electrons. The lowest BCUT2D eigenvalue weighted by Crippen LogP contribution is -2.47. The standard InChI is InChI=1S/C13H17N3O3S2/c1-2-10-16(8(6-20-10)11(17)18)13(19)15-12-14-7-4-3-5-9(7)21-12/h8,10H,2-6H2,1H3,(H,17,18)(H,14,15,19). The molecule has 2 amide bonds. The predicted molar refractivity (Wildman–Crippen MR) is 83.0 cm³/mol. The van der Waals surface area contributed by atoms with Gasteiger partial charge in [0.05, 0.1) is 11.1 Å².